The van der Waals surface area contributed by atoms with E-state index >= 15 is 0 Å². The normalized spacial score (nSPS) is 17.8. The molecule has 0 spiro atoms. The molecule has 0 bridgehead atoms. The van der Waals surface area contributed by atoms with E-state index < -0.39 is 0 Å². The molecule has 120 valence electrons. The van der Waals surface area contributed by atoms with Gasteiger partial charge in [-0.3, -0.25) is 10.4 Å². The first-order valence-electron chi connectivity index (χ1n) is 7.78. The number of nitrogens with one attached hydrogen (secondary N) is 2. The Kier molecular flexibility index (Phi) is 4.35. The summed E-state index contributed by atoms with van der Waals surface area (Å²) in [4.78, 5) is 6.72. The van der Waals surface area contributed by atoms with E-state index in [1.807, 2.05) is 12.1 Å². The van der Waals surface area contributed by atoms with Crippen molar-refractivity contribution < 1.29 is 4.74 Å². The minimum Gasteiger partial charge on any atom is -0.739 e. The predicted octanol–water partition coefficient (Wildman–Crippen LogP) is 1.55. The largest absolute Gasteiger partial charge is 0.739 e. The Hall–Kier alpha value is -1.99. The Bertz CT molecular complexity index is 571. The zero-order valence-corrected chi connectivity index (χ0v) is 13.1. The molecule has 2 aliphatic rings. The van der Waals surface area contributed by atoms with Gasteiger partial charge in [0, 0.05) is 19.0 Å². The Labute approximate surface area is 130 Å². The maximum atomic E-state index is 12.1. The first-order valence-corrected chi connectivity index (χ1v) is 7.78. The van der Waals surface area contributed by atoms with Crippen molar-refractivity contribution in [2.75, 3.05) is 43.3 Å². The maximum Gasteiger partial charge on any atom is 0.214 e. The number of nitrogens with zero attached hydrogens (tertiary/aromatic N) is 3. The average molecular weight is 304 g/mol. The van der Waals surface area contributed by atoms with Crippen molar-refractivity contribution in [3.8, 4) is 5.75 Å². The second-order valence-corrected chi connectivity index (χ2v) is 5.36. The fraction of sp³-hybridized carbons (Fsp3) is 0.533. The molecule has 0 fully saturated rings. The van der Waals surface area contributed by atoms with Gasteiger partial charge in [0.2, 0.25) is 5.96 Å². The molecule has 0 aromatic heterocycles. The van der Waals surface area contributed by atoms with Crippen LogP contribution in [0.2, 0.25) is 0 Å². The van der Waals surface area contributed by atoms with E-state index in [9.17, 15) is 5.21 Å². The van der Waals surface area contributed by atoms with Crippen molar-refractivity contribution in [3.63, 3.8) is 0 Å². The second kappa shape index (κ2) is 6.41. The van der Waals surface area contributed by atoms with Gasteiger partial charge in [-0.1, -0.05) is 13.8 Å². The molecular formula is C15H22N5O2-. The van der Waals surface area contributed by atoms with Crippen LogP contribution in [0.5, 0.6) is 5.75 Å². The van der Waals surface area contributed by atoms with Gasteiger partial charge >= 0.3 is 0 Å². The van der Waals surface area contributed by atoms with E-state index in [0.29, 0.717) is 24.8 Å². The summed E-state index contributed by atoms with van der Waals surface area (Å²) < 4.78 is 5.55. The summed E-state index contributed by atoms with van der Waals surface area (Å²) in [5, 5.41) is 16.1. The van der Waals surface area contributed by atoms with Crippen LogP contribution in [0.3, 0.4) is 0 Å². The van der Waals surface area contributed by atoms with E-state index in [0.717, 1.165) is 48.2 Å². The molecule has 0 atom stereocenters. The highest BCUT2D eigenvalue weighted by molar-refractivity contribution is 6.01. The molecule has 1 aromatic carbocycles. The number of aliphatic imine (C=N–C) groups is 1. The van der Waals surface area contributed by atoms with Gasteiger partial charge < -0.3 is 25.3 Å². The van der Waals surface area contributed by atoms with Gasteiger partial charge in [0.25, 0.3) is 0 Å². The summed E-state index contributed by atoms with van der Waals surface area (Å²) in [6.45, 7) is 8.45. The number of ether oxygens (including phenoxy) is 1. The highest BCUT2D eigenvalue weighted by atomic mass is 16.5. The van der Waals surface area contributed by atoms with Crippen LogP contribution in [-0.4, -0.2) is 43.6 Å². The number of likely N-dealkylation sites (N-methyl/N-ethyl adjacent to an activating group) is 1. The SMILES string of the molecule is CCN(CC)CCN=C1Nc2cc3c(cc2N([O-])N1)CCO3. The summed E-state index contributed by atoms with van der Waals surface area (Å²) >= 11 is 0. The third kappa shape index (κ3) is 2.95. The number of fused-ring (bicyclic) bond motifs is 2. The molecule has 0 radical (unpaired) electrons. The lowest BCUT2D eigenvalue weighted by Gasteiger charge is -2.38. The summed E-state index contributed by atoms with van der Waals surface area (Å²) in [6, 6.07) is 3.75. The van der Waals surface area contributed by atoms with E-state index in [4.69, 9.17) is 4.74 Å². The average Bonchev–Trinajstić information content (AvgIpc) is 2.97. The van der Waals surface area contributed by atoms with Crippen LogP contribution in [0, 0.1) is 5.21 Å². The number of hydrazine groups is 1. The lowest BCUT2D eigenvalue weighted by molar-refractivity contribution is 0.313. The highest BCUT2D eigenvalue weighted by Crippen LogP contribution is 2.37. The van der Waals surface area contributed by atoms with Crippen LogP contribution >= 0.6 is 0 Å². The fourth-order valence-electron chi connectivity index (χ4n) is 2.71. The summed E-state index contributed by atoms with van der Waals surface area (Å²) in [7, 11) is 0. The molecule has 2 N–H and O–H groups in total. The van der Waals surface area contributed by atoms with Crippen LogP contribution in [0.25, 0.3) is 0 Å². The summed E-state index contributed by atoms with van der Waals surface area (Å²) in [5.41, 5.74) is 5.11. The number of guanidine groups is 1. The van der Waals surface area contributed by atoms with Gasteiger partial charge in [0.1, 0.15) is 5.75 Å². The van der Waals surface area contributed by atoms with Crippen molar-refractivity contribution in [2.45, 2.75) is 20.3 Å². The summed E-state index contributed by atoms with van der Waals surface area (Å²) in [6.07, 6.45) is 0.848. The van der Waals surface area contributed by atoms with Crippen molar-refractivity contribution in [2.24, 2.45) is 4.99 Å². The molecule has 2 heterocycles. The molecule has 7 nitrogen and oxygen atoms in total. The van der Waals surface area contributed by atoms with Crippen LogP contribution in [0.1, 0.15) is 19.4 Å². The first-order chi connectivity index (χ1) is 10.7. The molecule has 0 saturated carbocycles. The Morgan fingerprint density at radius 1 is 1.36 bits per heavy atom. The predicted molar refractivity (Wildman–Crippen MR) is 88.3 cm³/mol. The van der Waals surface area contributed by atoms with Crippen LogP contribution in [0.15, 0.2) is 17.1 Å². The molecule has 0 amide bonds. The molecule has 22 heavy (non-hydrogen) atoms. The fourth-order valence-corrected chi connectivity index (χ4v) is 2.71. The molecular weight excluding hydrogens is 282 g/mol. The van der Waals surface area contributed by atoms with Gasteiger partial charge in [0.15, 0.2) is 0 Å². The number of hydrogen-bond acceptors (Lipinski definition) is 5. The van der Waals surface area contributed by atoms with Crippen molar-refractivity contribution in [1.82, 2.24) is 10.3 Å². The van der Waals surface area contributed by atoms with Crippen molar-refractivity contribution >= 4 is 17.3 Å². The highest BCUT2D eigenvalue weighted by Gasteiger charge is 2.20. The number of rotatable bonds is 5. The maximum absolute atomic E-state index is 12.1. The van der Waals surface area contributed by atoms with Gasteiger partial charge in [0.05, 0.1) is 24.5 Å². The standard InChI is InChI=1S/C15H22N5O2/c1-3-19(4-2)7-6-16-15-17-12-10-14-11(5-8-22-14)9-13(12)20(21)18-15/h9-10H,3-8H2,1-2H3,(H2,16,17,18)/q-1. The van der Waals surface area contributed by atoms with Gasteiger partial charge in [-0.2, -0.15) is 0 Å². The van der Waals surface area contributed by atoms with E-state index in [1.54, 1.807) is 0 Å². The molecule has 0 aliphatic carbocycles. The van der Waals surface area contributed by atoms with Crippen molar-refractivity contribution in [3.05, 3.63) is 22.9 Å². The smallest absolute Gasteiger partial charge is 0.214 e. The Morgan fingerprint density at radius 3 is 2.95 bits per heavy atom. The number of anilines is 2. The Morgan fingerprint density at radius 2 is 2.18 bits per heavy atom. The minimum absolute atomic E-state index is 0.479. The first kappa shape index (κ1) is 14.9. The molecule has 0 unspecified atom stereocenters. The van der Waals surface area contributed by atoms with E-state index in [-0.39, 0.29) is 0 Å². The van der Waals surface area contributed by atoms with Gasteiger partial charge in [-0.05, 0) is 24.7 Å². The van der Waals surface area contributed by atoms with Crippen LogP contribution in [-0.2, 0) is 6.42 Å². The summed E-state index contributed by atoms with van der Waals surface area (Å²) in [5.74, 6) is 1.33. The van der Waals surface area contributed by atoms with Gasteiger partial charge in [-0.25, -0.2) is 0 Å². The zero-order valence-electron chi connectivity index (χ0n) is 13.1. The van der Waals surface area contributed by atoms with E-state index in [1.165, 1.54) is 0 Å². The quantitative estimate of drug-likeness (QED) is 0.860. The van der Waals surface area contributed by atoms with Gasteiger partial charge in [-0.15, -0.1) is 0 Å². The molecule has 3 rings (SSSR count). The topological polar surface area (TPSA) is 75.2 Å². The van der Waals surface area contributed by atoms with Crippen LogP contribution < -0.4 is 20.7 Å². The third-order valence-electron chi connectivity index (χ3n) is 4.07. The molecule has 2 aliphatic heterocycles. The minimum atomic E-state index is 0.479. The van der Waals surface area contributed by atoms with Crippen LogP contribution in [0.4, 0.5) is 11.4 Å². The lowest BCUT2D eigenvalue weighted by atomic mass is 10.1. The Balaban J connectivity index is 1.71. The van der Waals surface area contributed by atoms with E-state index in [2.05, 4.69) is 34.5 Å². The van der Waals surface area contributed by atoms with Crippen molar-refractivity contribution in [1.29, 1.82) is 0 Å². The molecule has 0 saturated heterocycles. The number of benzene rings is 1. The third-order valence-corrected chi connectivity index (χ3v) is 4.07. The zero-order chi connectivity index (χ0) is 15.5. The lowest BCUT2D eigenvalue weighted by Crippen LogP contribution is -2.46. The molecule has 1 aromatic rings. The molecule has 7 heteroatoms. The number of hydrogen-bond donors (Lipinski definition) is 2. The monoisotopic (exact) mass is 304 g/mol. The second-order valence-electron chi connectivity index (χ2n) is 5.36.